The van der Waals surface area contributed by atoms with Crippen molar-refractivity contribution in [3.05, 3.63) is 23.8 Å². The van der Waals surface area contributed by atoms with E-state index in [1.54, 1.807) is 0 Å². The quantitative estimate of drug-likeness (QED) is 0.857. The number of carbonyl (C=O) groups is 1. The molecule has 0 aromatic heterocycles. The second kappa shape index (κ2) is 6.15. The Kier molecular flexibility index (Phi) is 4.63. The van der Waals surface area contributed by atoms with Gasteiger partial charge in [-0.25, -0.2) is 22.0 Å². The van der Waals surface area contributed by atoms with Crippen LogP contribution < -0.4 is 4.74 Å². The molecule has 1 aliphatic heterocycles. The third-order valence-corrected chi connectivity index (χ3v) is 5.01. The summed E-state index contributed by atoms with van der Waals surface area (Å²) in [5.41, 5.74) is 0. The molecule has 1 heterocycles. The molecule has 0 spiro atoms. The summed E-state index contributed by atoms with van der Waals surface area (Å²) in [5, 5.41) is 8.86. The monoisotopic (exact) mass is 337 g/mol. The molecule has 1 aliphatic rings. The fraction of sp³-hybridized carbons (Fsp3) is 0.417. The molecule has 2 rings (SSSR count). The highest BCUT2D eigenvalue weighted by Crippen LogP contribution is 2.27. The highest BCUT2D eigenvalue weighted by molar-refractivity contribution is 7.89. The number of ether oxygens (including phenoxy) is 2. The number of rotatable bonds is 4. The molecule has 1 aromatic carbocycles. The molecular formula is C12H13F2NO6S. The maximum Gasteiger partial charge on any atom is 0.334 e. The number of methoxy groups -OCH3 is 1. The van der Waals surface area contributed by atoms with Gasteiger partial charge >= 0.3 is 5.97 Å². The molecule has 1 atom stereocenters. The molecule has 0 amide bonds. The summed E-state index contributed by atoms with van der Waals surface area (Å²) in [6.07, 6.45) is -1.35. The maximum absolute atomic E-state index is 13.9. The smallest absolute Gasteiger partial charge is 0.334 e. The van der Waals surface area contributed by atoms with Crippen LogP contribution in [0.4, 0.5) is 8.78 Å². The van der Waals surface area contributed by atoms with Crippen molar-refractivity contribution in [1.29, 1.82) is 0 Å². The van der Waals surface area contributed by atoms with Crippen LogP contribution in [0.25, 0.3) is 0 Å². The fourth-order valence-corrected chi connectivity index (χ4v) is 3.48. The lowest BCUT2D eigenvalue weighted by atomic mass is 10.3. The average molecular weight is 337 g/mol. The third-order valence-electron chi connectivity index (χ3n) is 3.13. The molecule has 0 aliphatic carbocycles. The van der Waals surface area contributed by atoms with Gasteiger partial charge in [-0.3, -0.25) is 0 Å². The lowest BCUT2D eigenvalue weighted by Gasteiger charge is -2.30. The molecule has 1 aromatic rings. The van der Waals surface area contributed by atoms with Crippen LogP contribution in [0.15, 0.2) is 17.0 Å². The maximum atomic E-state index is 13.9. The van der Waals surface area contributed by atoms with E-state index in [1.807, 2.05) is 0 Å². The van der Waals surface area contributed by atoms with Gasteiger partial charge in [0.15, 0.2) is 17.7 Å². The van der Waals surface area contributed by atoms with Crippen molar-refractivity contribution in [1.82, 2.24) is 4.31 Å². The Bertz CT molecular complexity index is 693. The van der Waals surface area contributed by atoms with Crippen molar-refractivity contribution in [3.8, 4) is 5.75 Å². The van der Waals surface area contributed by atoms with Gasteiger partial charge in [0.2, 0.25) is 10.0 Å². The van der Waals surface area contributed by atoms with Crippen LogP contribution in [0.2, 0.25) is 0 Å². The zero-order chi connectivity index (χ0) is 16.5. The Morgan fingerprint density at radius 2 is 2.09 bits per heavy atom. The Morgan fingerprint density at radius 3 is 2.68 bits per heavy atom. The first-order chi connectivity index (χ1) is 10.3. The van der Waals surface area contributed by atoms with Crippen LogP contribution in [-0.4, -0.2) is 56.7 Å². The number of sulfonamides is 1. The van der Waals surface area contributed by atoms with Gasteiger partial charge in [0, 0.05) is 18.7 Å². The standard InChI is InChI=1S/C12H13F2NO6S/c1-20-9-4-8(14)11(5-7(9)13)22(18,19)15-2-3-21-10(6-15)12(16)17/h4-5,10H,2-3,6H2,1H3,(H,16,17). The van der Waals surface area contributed by atoms with Crippen LogP contribution in [0.3, 0.4) is 0 Å². The first-order valence-electron chi connectivity index (χ1n) is 6.15. The van der Waals surface area contributed by atoms with E-state index in [2.05, 4.69) is 4.74 Å². The predicted molar refractivity (Wildman–Crippen MR) is 69.0 cm³/mol. The van der Waals surface area contributed by atoms with Crippen molar-refractivity contribution in [2.24, 2.45) is 0 Å². The molecule has 0 radical (unpaired) electrons. The van der Waals surface area contributed by atoms with E-state index in [9.17, 15) is 22.0 Å². The summed E-state index contributed by atoms with van der Waals surface area (Å²) in [6.45, 7) is -0.791. The van der Waals surface area contributed by atoms with Crippen molar-refractivity contribution >= 4 is 16.0 Å². The lowest BCUT2D eigenvalue weighted by Crippen LogP contribution is -2.48. The second-order valence-electron chi connectivity index (χ2n) is 4.48. The summed E-state index contributed by atoms with van der Waals surface area (Å²) in [7, 11) is -3.27. The average Bonchev–Trinajstić information content (AvgIpc) is 2.49. The fourth-order valence-electron chi connectivity index (χ4n) is 2.00. The number of hydrogen-bond acceptors (Lipinski definition) is 5. The van der Waals surface area contributed by atoms with Crippen molar-refractivity contribution in [2.45, 2.75) is 11.0 Å². The first-order valence-corrected chi connectivity index (χ1v) is 7.59. The van der Waals surface area contributed by atoms with Gasteiger partial charge in [-0.2, -0.15) is 4.31 Å². The molecule has 22 heavy (non-hydrogen) atoms. The number of hydrogen-bond donors (Lipinski definition) is 1. The minimum atomic E-state index is -4.39. The van der Waals surface area contributed by atoms with Crippen LogP contribution in [0.5, 0.6) is 5.75 Å². The van der Waals surface area contributed by atoms with Gasteiger partial charge in [-0.05, 0) is 0 Å². The summed E-state index contributed by atoms with van der Waals surface area (Å²) < 4.78 is 62.5. The van der Waals surface area contributed by atoms with Crippen LogP contribution >= 0.6 is 0 Å². The Hall–Kier alpha value is -1.78. The van der Waals surface area contributed by atoms with Crippen LogP contribution in [0, 0.1) is 11.6 Å². The third kappa shape index (κ3) is 3.03. The molecular weight excluding hydrogens is 324 g/mol. The molecule has 122 valence electrons. The van der Waals surface area contributed by atoms with E-state index in [-0.39, 0.29) is 13.2 Å². The SMILES string of the molecule is COc1cc(F)c(S(=O)(=O)N2CCOC(C(=O)O)C2)cc1F. The van der Waals surface area contributed by atoms with Gasteiger partial charge < -0.3 is 14.6 Å². The van der Waals surface area contributed by atoms with Gasteiger partial charge in [-0.15, -0.1) is 0 Å². The van der Waals surface area contributed by atoms with Gasteiger partial charge in [-0.1, -0.05) is 0 Å². The predicted octanol–water partition coefficient (Wildman–Crippen LogP) is 0.448. The topological polar surface area (TPSA) is 93.1 Å². The number of aliphatic carboxylic acids is 1. The molecule has 7 nitrogen and oxygen atoms in total. The van der Waals surface area contributed by atoms with E-state index < -0.39 is 50.9 Å². The minimum absolute atomic E-state index is 0.154. The second-order valence-corrected chi connectivity index (χ2v) is 6.38. The zero-order valence-electron chi connectivity index (χ0n) is 11.5. The van der Waals surface area contributed by atoms with E-state index in [0.29, 0.717) is 12.1 Å². The van der Waals surface area contributed by atoms with Crippen molar-refractivity contribution in [2.75, 3.05) is 26.8 Å². The van der Waals surface area contributed by atoms with Crippen molar-refractivity contribution < 1.29 is 36.6 Å². The lowest BCUT2D eigenvalue weighted by molar-refractivity contribution is -0.153. The normalized spacial score (nSPS) is 19.9. The van der Waals surface area contributed by atoms with E-state index in [4.69, 9.17) is 9.84 Å². The van der Waals surface area contributed by atoms with Gasteiger partial charge in [0.1, 0.15) is 10.7 Å². The van der Waals surface area contributed by atoms with Gasteiger partial charge in [0.05, 0.1) is 20.3 Å². The summed E-state index contributed by atoms with van der Waals surface area (Å²) in [5.74, 6) is -3.98. The van der Waals surface area contributed by atoms with E-state index >= 15 is 0 Å². The molecule has 1 unspecified atom stereocenters. The van der Waals surface area contributed by atoms with Crippen LogP contribution in [0.1, 0.15) is 0 Å². The van der Waals surface area contributed by atoms with E-state index in [1.165, 1.54) is 0 Å². The Balaban J connectivity index is 2.38. The molecule has 1 saturated heterocycles. The Morgan fingerprint density at radius 1 is 1.41 bits per heavy atom. The number of benzene rings is 1. The molecule has 10 heteroatoms. The zero-order valence-corrected chi connectivity index (χ0v) is 12.3. The Labute approximate surface area is 125 Å². The molecule has 1 N–H and O–H groups in total. The summed E-state index contributed by atoms with van der Waals surface area (Å²) in [6, 6.07) is 1.13. The highest BCUT2D eigenvalue weighted by atomic mass is 32.2. The number of carboxylic acid groups (broad SMARTS) is 1. The van der Waals surface area contributed by atoms with Gasteiger partial charge in [0.25, 0.3) is 0 Å². The molecule has 0 saturated carbocycles. The van der Waals surface area contributed by atoms with E-state index in [0.717, 1.165) is 11.4 Å². The summed E-state index contributed by atoms with van der Waals surface area (Å²) in [4.78, 5) is 9.99. The number of carboxylic acids is 1. The highest BCUT2D eigenvalue weighted by Gasteiger charge is 2.36. The largest absolute Gasteiger partial charge is 0.494 e. The number of nitrogens with zero attached hydrogens (tertiary/aromatic N) is 1. The van der Waals surface area contributed by atoms with Crippen LogP contribution in [-0.2, 0) is 19.6 Å². The molecule has 1 fully saturated rings. The number of morpholine rings is 1. The molecule has 0 bridgehead atoms. The summed E-state index contributed by atoms with van der Waals surface area (Å²) >= 11 is 0. The first kappa shape index (κ1) is 16.6. The minimum Gasteiger partial charge on any atom is -0.494 e. The number of halogens is 2. The van der Waals surface area contributed by atoms with Crippen molar-refractivity contribution in [3.63, 3.8) is 0 Å².